The molecule has 3 N–H and O–H groups in total. The molecular weight excluding hydrogens is 499 g/mol. The Labute approximate surface area is 203 Å². The first-order valence-electron chi connectivity index (χ1n) is 11.0. The van der Waals surface area contributed by atoms with Gasteiger partial charge in [-0.25, -0.2) is 18.2 Å². The molecule has 2 aromatic heterocycles. The van der Waals surface area contributed by atoms with E-state index in [9.17, 15) is 31.2 Å². The first-order chi connectivity index (χ1) is 16.9. The Hall–Kier alpha value is -3.45. The van der Waals surface area contributed by atoms with Crippen LogP contribution in [-0.4, -0.2) is 45.7 Å². The van der Waals surface area contributed by atoms with Crippen molar-refractivity contribution in [3.63, 3.8) is 0 Å². The number of benzene rings is 2. The minimum atomic E-state index is -4.81. The van der Waals surface area contributed by atoms with Crippen molar-refractivity contribution in [1.29, 1.82) is 0 Å². The van der Waals surface area contributed by atoms with Crippen molar-refractivity contribution in [2.24, 2.45) is 5.73 Å². The number of H-pyrrole nitrogens is 1. The quantitative estimate of drug-likeness (QED) is 0.365. The van der Waals surface area contributed by atoms with Gasteiger partial charge in [-0.15, -0.1) is 0 Å². The van der Waals surface area contributed by atoms with Crippen molar-refractivity contribution in [2.45, 2.75) is 38.1 Å². The molecule has 0 amide bonds. The number of aromatic amines is 1. The maximum Gasteiger partial charge on any atom is 0.406 e. The number of nitrogens with two attached hydrogens (primary N) is 1. The first-order valence-corrected chi connectivity index (χ1v) is 13.1. The van der Waals surface area contributed by atoms with Crippen molar-refractivity contribution in [3.8, 4) is 0 Å². The molecule has 0 saturated heterocycles. The van der Waals surface area contributed by atoms with Crippen molar-refractivity contribution in [1.82, 2.24) is 19.1 Å². The van der Waals surface area contributed by atoms with E-state index in [2.05, 4.69) is 9.97 Å². The fourth-order valence-electron chi connectivity index (χ4n) is 4.23. The van der Waals surface area contributed by atoms with Gasteiger partial charge in [0.1, 0.15) is 22.2 Å². The van der Waals surface area contributed by atoms with Crippen LogP contribution in [-0.2, 0) is 22.9 Å². The molecule has 2 heterocycles. The number of aromatic nitrogens is 4. The summed E-state index contributed by atoms with van der Waals surface area (Å²) in [5.41, 5.74) is 5.54. The van der Waals surface area contributed by atoms with Gasteiger partial charge in [0.05, 0.1) is 28.0 Å². The van der Waals surface area contributed by atoms with E-state index in [0.29, 0.717) is 11.0 Å². The summed E-state index contributed by atoms with van der Waals surface area (Å²) in [6, 6.07) is 10.2. The van der Waals surface area contributed by atoms with Crippen molar-refractivity contribution in [3.05, 3.63) is 74.7 Å². The fraction of sp³-hybridized carbons (Fsp3) is 0.348. The van der Waals surface area contributed by atoms with Gasteiger partial charge < -0.3 is 10.7 Å². The molecule has 1 atom stereocenters. The van der Waals surface area contributed by atoms with Gasteiger partial charge in [0.2, 0.25) is 0 Å². The number of halogens is 3. The summed E-state index contributed by atoms with van der Waals surface area (Å²) in [6.07, 6.45) is -3.58. The molecule has 4 aromatic rings. The highest BCUT2D eigenvalue weighted by Crippen LogP contribution is 2.27. The van der Waals surface area contributed by atoms with Crippen LogP contribution in [0.5, 0.6) is 0 Å². The van der Waals surface area contributed by atoms with E-state index in [1.165, 1.54) is 18.2 Å². The van der Waals surface area contributed by atoms with E-state index in [1.54, 1.807) is 24.3 Å². The Bertz CT molecular complexity index is 1650. The number of sulfone groups is 1. The molecule has 0 fully saturated rings. The van der Waals surface area contributed by atoms with Crippen molar-refractivity contribution >= 4 is 31.8 Å². The third-order valence-corrected chi connectivity index (χ3v) is 6.87. The van der Waals surface area contributed by atoms with E-state index < -0.39 is 39.8 Å². The number of fused-ring (bicyclic) bond motifs is 2. The van der Waals surface area contributed by atoms with Crippen LogP contribution in [0.2, 0.25) is 0 Å². The van der Waals surface area contributed by atoms with Crippen LogP contribution in [0.1, 0.15) is 30.3 Å². The van der Waals surface area contributed by atoms with Crippen LogP contribution >= 0.6 is 0 Å². The number of hydrogen-bond donors (Lipinski definition) is 2. The number of nitrogens with one attached hydrogen (secondary N) is 1. The lowest BCUT2D eigenvalue weighted by molar-refractivity contribution is -0.142. The molecule has 1 unspecified atom stereocenters. The van der Waals surface area contributed by atoms with Crippen LogP contribution < -0.4 is 17.0 Å². The molecule has 192 valence electrons. The van der Waals surface area contributed by atoms with Gasteiger partial charge >= 0.3 is 11.9 Å². The lowest BCUT2D eigenvalue weighted by Gasteiger charge is -2.22. The Morgan fingerprint density at radius 2 is 1.86 bits per heavy atom. The van der Waals surface area contributed by atoms with Gasteiger partial charge in [0, 0.05) is 18.6 Å². The Morgan fingerprint density at radius 3 is 2.53 bits per heavy atom. The summed E-state index contributed by atoms with van der Waals surface area (Å²) in [5, 5.41) is -0.0732. The van der Waals surface area contributed by atoms with Gasteiger partial charge in [0.15, 0.2) is 0 Å². The second-order valence-electron chi connectivity index (χ2n) is 8.64. The molecule has 36 heavy (non-hydrogen) atoms. The van der Waals surface area contributed by atoms with Gasteiger partial charge in [-0.05, 0) is 42.7 Å². The minimum absolute atomic E-state index is 0.0603. The van der Waals surface area contributed by atoms with Crippen LogP contribution in [0.3, 0.4) is 0 Å². The molecule has 0 aliphatic rings. The Balaban J connectivity index is 1.97. The van der Waals surface area contributed by atoms with Crippen molar-refractivity contribution < 1.29 is 21.6 Å². The minimum Gasteiger partial charge on any atom is -0.340 e. The standard InChI is InChI=1S/C23H24F3N5O4S/c1-36(34,35)10-4-7-19(20-28-16-9-8-14(12-27)11-17(16)29-20)31-18-6-3-2-5-15(18)21(32)30(22(31)33)13-23(24,25)26/h2-3,5-6,8-9,11,19H,4,7,10,12-13,27H2,1H3,(H,28,29). The number of imidazole rings is 1. The van der Waals surface area contributed by atoms with Crippen molar-refractivity contribution in [2.75, 3.05) is 12.0 Å². The topological polar surface area (TPSA) is 133 Å². The van der Waals surface area contributed by atoms with Gasteiger partial charge in [-0.1, -0.05) is 18.2 Å². The highest BCUT2D eigenvalue weighted by Gasteiger charge is 2.32. The number of rotatable bonds is 8. The van der Waals surface area contributed by atoms with E-state index in [4.69, 9.17) is 5.73 Å². The number of para-hydroxylation sites is 1. The van der Waals surface area contributed by atoms with Gasteiger partial charge in [-0.2, -0.15) is 13.2 Å². The van der Waals surface area contributed by atoms with Gasteiger partial charge in [-0.3, -0.25) is 13.9 Å². The average molecular weight is 524 g/mol. The number of hydrogen-bond acceptors (Lipinski definition) is 6. The molecule has 0 aliphatic heterocycles. The SMILES string of the molecule is CS(=O)(=O)CCCC(c1nc2cc(CN)ccc2[nH]1)n1c(=O)n(CC(F)(F)F)c(=O)c2ccccc21. The Kier molecular flexibility index (Phi) is 6.80. The fourth-order valence-corrected chi connectivity index (χ4v) is 4.92. The molecule has 0 radical (unpaired) electrons. The molecule has 0 spiro atoms. The molecular formula is C23H24F3N5O4S. The summed E-state index contributed by atoms with van der Waals surface area (Å²) in [4.78, 5) is 33.9. The molecule has 2 aromatic carbocycles. The average Bonchev–Trinajstić information content (AvgIpc) is 3.22. The second kappa shape index (κ2) is 9.54. The molecule has 0 bridgehead atoms. The van der Waals surface area contributed by atoms with E-state index in [-0.39, 0.29) is 46.4 Å². The highest BCUT2D eigenvalue weighted by atomic mass is 32.2. The van der Waals surface area contributed by atoms with E-state index >= 15 is 0 Å². The zero-order chi connectivity index (χ0) is 26.3. The lowest BCUT2D eigenvalue weighted by atomic mass is 10.1. The zero-order valence-corrected chi connectivity index (χ0v) is 20.1. The van der Waals surface area contributed by atoms with Crippen LogP contribution in [0.15, 0.2) is 52.1 Å². The largest absolute Gasteiger partial charge is 0.406 e. The third-order valence-electron chi connectivity index (χ3n) is 5.84. The lowest BCUT2D eigenvalue weighted by Crippen LogP contribution is -2.44. The molecule has 13 heteroatoms. The summed E-state index contributed by atoms with van der Waals surface area (Å²) in [7, 11) is -3.35. The number of alkyl halides is 3. The van der Waals surface area contributed by atoms with Crippen LogP contribution in [0.4, 0.5) is 13.2 Å². The number of nitrogens with zero attached hydrogens (tertiary/aromatic N) is 3. The molecule has 0 aliphatic carbocycles. The smallest absolute Gasteiger partial charge is 0.340 e. The van der Waals surface area contributed by atoms with Crippen LogP contribution in [0, 0.1) is 0 Å². The first kappa shape index (κ1) is 25.6. The molecule has 9 nitrogen and oxygen atoms in total. The monoisotopic (exact) mass is 523 g/mol. The highest BCUT2D eigenvalue weighted by molar-refractivity contribution is 7.90. The molecule has 0 saturated carbocycles. The summed E-state index contributed by atoms with van der Waals surface area (Å²) in [5.74, 6) is 0.0489. The maximum atomic E-state index is 13.4. The van der Waals surface area contributed by atoms with Crippen LogP contribution in [0.25, 0.3) is 21.9 Å². The Morgan fingerprint density at radius 1 is 1.14 bits per heavy atom. The maximum absolute atomic E-state index is 13.4. The van der Waals surface area contributed by atoms with E-state index in [1.807, 2.05) is 0 Å². The molecule has 4 rings (SSSR count). The third kappa shape index (κ3) is 5.36. The summed E-state index contributed by atoms with van der Waals surface area (Å²) < 4.78 is 64.7. The van der Waals surface area contributed by atoms with E-state index in [0.717, 1.165) is 16.4 Å². The second-order valence-corrected chi connectivity index (χ2v) is 10.9. The predicted molar refractivity (Wildman–Crippen MR) is 130 cm³/mol. The summed E-state index contributed by atoms with van der Waals surface area (Å²) in [6.45, 7) is -1.49. The summed E-state index contributed by atoms with van der Waals surface area (Å²) >= 11 is 0. The zero-order valence-electron chi connectivity index (χ0n) is 19.2. The normalized spacial score (nSPS) is 13.5. The predicted octanol–water partition coefficient (Wildman–Crippen LogP) is 2.47. The van der Waals surface area contributed by atoms with Gasteiger partial charge in [0.25, 0.3) is 5.56 Å².